The summed E-state index contributed by atoms with van der Waals surface area (Å²) in [5.74, 6) is -0.379. The molecule has 2 N–H and O–H groups in total. The first-order valence-corrected chi connectivity index (χ1v) is 11.4. The van der Waals surface area contributed by atoms with Gasteiger partial charge < -0.3 is 24.3 Å². The molecule has 0 fully saturated rings. The van der Waals surface area contributed by atoms with Gasteiger partial charge in [-0.3, -0.25) is 9.59 Å². The zero-order chi connectivity index (χ0) is 24.8. The largest absolute Gasteiger partial charge is 0.493 e. The quantitative estimate of drug-likeness (QED) is 0.345. The van der Waals surface area contributed by atoms with Crippen molar-refractivity contribution in [3.8, 4) is 22.8 Å². The monoisotopic (exact) mass is 473 g/mol. The highest BCUT2D eigenvalue weighted by molar-refractivity contribution is 5.95. The summed E-state index contributed by atoms with van der Waals surface area (Å²) in [5, 5.41) is 12.3. The average molecular weight is 474 g/mol. The highest BCUT2D eigenvalue weighted by atomic mass is 16.5. The second-order valence-corrected chi connectivity index (χ2v) is 8.06. The summed E-state index contributed by atoms with van der Waals surface area (Å²) < 4.78 is 12.9. The van der Waals surface area contributed by atoms with Gasteiger partial charge in [-0.15, -0.1) is 0 Å². The van der Waals surface area contributed by atoms with Crippen LogP contribution in [0.1, 0.15) is 41.7 Å². The SMILES string of the molecule is CCCOc1ccc(C(CC(=O)O)NC(=O)c2ccn3cc(-c4ccccc4)nc3c2)cc1OC. The molecule has 2 heterocycles. The van der Waals surface area contributed by atoms with Gasteiger partial charge in [-0.1, -0.05) is 43.3 Å². The molecule has 2 aromatic heterocycles. The normalized spacial score (nSPS) is 11.7. The van der Waals surface area contributed by atoms with Gasteiger partial charge in [0.25, 0.3) is 5.91 Å². The van der Waals surface area contributed by atoms with Gasteiger partial charge in [0.15, 0.2) is 11.5 Å². The van der Waals surface area contributed by atoms with Gasteiger partial charge in [0.05, 0.1) is 31.9 Å². The summed E-state index contributed by atoms with van der Waals surface area (Å²) in [7, 11) is 1.52. The van der Waals surface area contributed by atoms with Crippen LogP contribution in [0.4, 0.5) is 0 Å². The van der Waals surface area contributed by atoms with Crippen LogP contribution in [0.25, 0.3) is 16.9 Å². The van der Waals surface area contributed by atoms with Gasteiger partial charge in [-0.2, -0.15) is 0 Å². The van der Waals surface area contributed by atoms with Crippen LogP contribution in [-0.2, 0) is 4.79 Å². The van der Waals surface area contributed by atoms with Crippen LogP contribution in [0.15, 0.2) is 73.1 Å². The number of hydrogen-bond donors (Lipinski definition) is 2. The molecule has 0 aliphatic carbocycles. The highest BCUT2D eigenvalue weighted by Gasteiger charge is 2.21. The average Bonchev–Trinajstić information content (AvgIpc) is 3.31. The smallest absolute Gasteiger partial charge is 0.305 e. The molecule has 0 saturated carbocycles. The van der Waals surface area contributed by atoms with Crippen molar-refractivity contribution in [2.45, 2.75) is 25.8 Å². The fourth-order valence-corrected chi connectivity index (χ4v) is 3.77. The van der Waals surface area contributed by atoms with Crippen molar-refractivity contribution in [1.29, 1.82) is 0 Å². The summed E-state index contributed by atoms with van der Waals surface area (Å²) in [6.45, 7) is 2.54. The Morgan fingerprint density at radius 1 is 1.09 bits per heavy atom. The molecule has 1 unspecified atom stereocenters. The van der Waals surface area contributed by atoms with E-state index in [2.05, 4.69) is 10.3 Å². The number of carbonyl (C=O) groups excluding carboxylic acids is 1. The fraction of sp³-hybridized carbons (Fsp3) is 0.222. The van der Waals surface area contributed by atoms with Gasteiger partial charge in [-0.05, 0) is 36.2 Å². The number of aliphatic carboxylic acids is 1. The van der Waals surface area contributed by atoms with Crippen molar-refractivity contribution in [2.24, 2.45) is 0 Å². The summed E-state index contributed by atoms with van der Waals surface area (Å²) in [4.78, 5) is 29.3. The van der Waals surface area contributed by atoms with Crippen molar-refractivity contribution < 1.29 is 24.2 Å². The Balaban J connectivity index is 1.58. The Morgan fingerprint density at radius 3 is 2.60 bits per heavy atom. The van der Waals surface area contributed by atoms with E-state index in [-0.39, 0.29) is 6.42 Å². The van der Waals surface area contributed by atoms with Gasteiger partial charge in [0.1, 0.15) is 5.65 Å². The molecule has 1 atom stereocenters. The molecule has 2 aromatic carbocycles. The summed E-state index contributed by atoms with van der Waals surface area (Å²) in [6.07, 6.45) is 4.22. The van der Waals surface area contributed by atoms with Crippen LogP contribution in [-0.4, -0.2) is 40.1 Å². The van der Waals surface area contributed by atoms with Crippen LogP contribution in [0.3, 0.4) is 0 Å². The molecule has 0 radical (unpaired) electrons. The number of benzene rings is 2. The Hall–Kier alpha value is -4.33. The Kier molecular flexibility index (Phi) is 7.30. The van der Waals surface area contributed by atoms with Crippen molar-refractivity contribution in [2.75, 3.05) is 13.7 Å². The molecule has 8 nitrogen and oxygen atoms in total. The number of imidazole rings is 1. The number of aromatic nitrogens is 2. The second kappa shape index (κ2) is 10.7. The topological polar surface area (TPSA) is 102 Å². The summed E-state index contributed by atoms with van der Waals surface area (Å²) in [6, 6.07) is 17.5. The van der Waals surface area contributed by atoms with Gasteiger partial charge in [-0.25, -0.2) is 4.98 Å². The lowest BCUT2D eigenvalue weighted by Crippen LogP contribution is -2.30. The van der Waals surface area contributed by atoms with Crippen LogP contribution in [0, 0.1) is 0 Å². The molecule has 0 aliphatic heterocycles. The fourth-order valence-electron chi connectivity index (χ4n) is 3.77. The third-order valence-electron chi connectivity index (χ3n) is 5.53. The first-order valence-electron chi connectivity index (χ1n) is 11.4. The van der Waals surface area contributed by atoms with Crippen molar-refractivity contribution in [3.63, 3.8) is 0 Å². The molecular formula is C27H27N3O5. The first-order chi connectivity index (χ1) is 17.0. The number of carbonyl (C=O) groups is 2. The number of rotatable bonds is 10. The Morgan fingerprint density at radius 2 is 1.89 bits per heavy atom. The minimum absolute atomic E-state index is 0.284. The lowest BCUT2D eigenvalue weighted by atomic mass is 10.0. The molecule has 35 heavy (non-hydrogen) atoms. The van der Waals surface area contributed by atoms with E-state index < -0.39 is 17.9 Å². The number of nitrogens with one attached hydrogen (secondary N) is 1. The number of fused-ring (bicyclic) bond motifs is 1. The standard InChI is InChI=1S/C27H27N3O5/c1-3-13-35-23-10-9-19(14-24(23)34-2)21(16-26(31)32)29-27(33)20-11-12-30-17-22(28-25(30)15-20)18-7-5-4-6-8-18/h4-12,14-15,17,21H,3,13,16H2,1-2H3,(H,29,33)(H,31,32). The first kappa shape index (κ1) is 23.8. The molecule has 4 rings (SSSR count). The third-order valence-corrected chi connectivity index (χ3v) is 5.53. The maximum atomic E-state index is 13.1. The summed E-state index contributed by atoms with van der Waals surface area (Å²) in [5.41, 5.74) is 3.38. The van der Waals surface area contributed by atoms with E-state index in [4.69, 9.17) is 9.47 Å². The lowest BCUT2D eigenvalue weighted by Gasteiger charge is -2.19. The summed E-state index contributed by atoms with van der Waals surface area (Å²) >= 11 is 0. The van der Waals surface area contributed by atoms with Crippen LogP contribution in [0.5, 0.6) is 11.5 Å². The number of carboxylic acids is 1. The van der Waals surface area contributed by atoms with Gasteiger partial charge in [0.2, 0.25) is 0 Å². The molecular weight excluding hydrogens is 446 g/mol. The van der Waals surface area contributed by atoms with Crippen LogP contribution in [0.2, 0.25) is 0 Å². The van der Waals surface area contributed by atoms with E-state index in [0.29, 0.717) is 34.9 Å². The van der Waals surface area contributed by atoms with Crippen LogP contribution < -0.4 is 14.8 Å². The lowest BCUT2D eigenvalue weighted by molar-refractivity contribution is -0.137. The molecule has 0 spiro atoms. The molecule has 1 amide bonds. The molecule has 0 saturated heterocycles. The zero-order valence-corrected chi connectivity index (χ0v) is 19.6. The molecule has 8 heteroatoms. The zero-order valence-electron chi connectivity index (χ0n) is 19.6. The number of pyridine rings is 1. The number of hydrogen-bond acceptors (Lipinski definition) is 5. The highest BCUT2D eigenvalue weighted by Crippen LogP contribution is 2.31. The van der Waals surface area contributed by atoms with Crippen molar-refractivity contribution >= 4 is 17.5 Å². The van der Waals surface area contributed by atoms with Crippen molar-refractivity contribution in [1.82, 2.24) is 14.7 Å². The number of ether oxygens (including phenoxy) is 2. The number of methoxy groups -OCH3 is 1. The second-order valence-electron chi connectivity index (χ2n) is 8.06. The van der Waals surface area contributed by atoms with E-state index in [1.54, 1.807) is 36.5 Å². The van der Waals surface area contributed by atoms with Gasteiger partial charge >= 0.3 is 5.97 Å². The maximum absolute atomic E-state index is 13.1. The van der Waals surface area contributed by atoms with E-state index in [1.165, 1.54) is 7.11 Å². The minimum atomic E-state index is -1.03. The number of carboxylic acid groups (broad SMARTS) is 1. The molecule has 0 aliphatic rings. The van der Waals surface area contributed by atoms with Crippen LogP contribution >= 0.6 is 0 Å². The Labute approximate surface area is 203 Å². The van der Waals surface area contributed by atoms with E-state index in [1.807, 2.05) is 47.9 Å². The molecule has 180 valence electrons. The maximum Gasteiger partial charge on any atom is 0.305 e. The third kappa shape index (κ3) is 5.60. The number of amides is 1. The van der Waals surface area contributed by atoms with E-state index in [9.17, 15) is 14.7 Å². The number of nitrogens with zero attached hydrogens (tertiary/aromatic N) is 2. The van der Waals surface area contributed by atoms with E-state index >= 15 is 0 Å². The molecule has 4 aromatic rings. The predicted molar refractivity (Wildman–Crippen MR) is 132 cm³/mol. The van der Waals surface area contributed by atoms with E-state index in [0.717, 1.165) is 17.7 Å². The Bertz CT molecular complexity index is 1330. The minimum Gasteiger partial charge on any atom is -0.493 e. The molecule has 0 bridgehead atoms. The predicted octanol–water partition coefficient (Wildman–Crippen LogP) is 4.74. The van der Waals surface area contributed by atoms with Gasteiger partial charge in [0, 0.05) is 23.5 Å². The van der Waals surface area contributed by atoms with Crippen molar-refractivity contribution in [3.05, 3.63) is 84.2 Å².